The smallest absolute Gasteiger partial charge is 0.335 e. The first-order valence-electron chi connectivity index (χ1n) is 12.8. The van der Waals surface area contributed by atoms with Crippen LogP contribution in [0.1, 0.15) is 52.4 Å². The lowest BCUT2D eigenvalue weighted by Gasteiger charge is -2.44. The van der Waals surface area contributed by atoms with Gasteiger partial charge < -0.3 is 4.90 Å². The summed E-state index contributed by atoms with van der Waals surface area (Å²) >= 11 is 6.00. The highest BCUT2D eigenvalue weighted by Gasteiger charge is 2.55. The second-order valence-corrected chi connectivity index (χ2v) is 12.8. The topological polar surface area (TPSA) is 80.5 Å². The average molecular weight is 613 g/mol. The van der Waals surface area contributed by atoms with Crippen LogP contribution in [0.25, 0.3) is 0 Å². The Balaban J connectivity index is 1.59. The van der Waals surface area contributed by atoms with Crippen LogP contribution in [0.2, 0.25) is 5.02 Å². The largest absolute Gasteiger partial charge is 0.426 e. The predicted molar refractivity (Wildman–Crippen MR) is 143 cm³/mol. The normalized spacial score (nSPS) is 22.1. The van der Waals surface area contributed by atoms with Crippen molar-refractivity contribution in [3.05, 3.63) is 99.3 Å². The molecule has 0 aromatic heterocycles. The molecule has 0 radical (unpaired) electrons. The van der Waals surface area contributed by atoms with Crippen molar-refractivity contribution in [3.63, 3.8) is 0 Å². The number of primary sulfonamides is 1. The molecule has 2 aliphatic rings. The van der Waals surface area contributed by atoms with Crippen LogP contribution in [-0.2, 0) is 33.9 Å². The highest BCUT2D eigenvalue weighted by atomic mass is 35.5. The fraction of sp³-hybridized carbons (Fsp3) is 0.345. The van der Waals surface area contributed by atoms with Gasteiger partial charge in [0.25, 0.3) is 5.91 Å². The summed E-state index contributed by atoms with van der Waals surface area (Å²) in [5.74, 6) is -0.881. The van der Waals surface area contributed by atoms with E-state index < -0.39 is 50.6 Å². The minimum atomic E-state index is -5.10. The van der Waals surface area contributed by atoms with E-state index in [1.807, 2.05) is 0 Å². The minimum Gasteiger partial charge on any atom is -0.335 e. The lowest BCUT2D eigenvalue weighted by molar-refractivity contribution is -0.228. The molecule has 5 nitrogen and oxygen atoms in total. The maximum Gasteiger partial charge on any atom is 0.426 e. The van der Waals surface area contributed by atoms with Gasteiger partial charge in [-0.15, -0.1) is 0 Å². The van der Waals surface area contributed by atoms with Gasteiger partial charge in [-0.25, -0.2) is 22.3 Å². The molecule has 5 rings (SSSR count). The molecule has 0 saturated carbocycles. The Labute approximate surface area is 239 Å². The molecule has 3 atom stereocenters. The van der Waals surface area contributed by atoms with E-state index in [1.165, 1.54) is 36.4 Å². The number of fused-ring (bicyclic) bond motifs is 3. The fourth-order valence-corrected chi connectivity index (χ4v) is 7.32. The first-order valence-corrected chi connectivity index (χ1v) is 14.7. The summed E-state index contributed by atoms with van der Waals surface area (Å²) in [6, 6.07) is 13.2. The van der Waals surface area contributed by atoms with E-state index in [4.69, 9.17) is 16.7 Å². The Hall–Kier alpha value is -3.02. The maximum atomic E-state index is 14.9. The molecule has 1 heterocycles. The number of alkyl halides is 4. The number of hydrogen-bond acceptors (Lipinski definition) is 3. The number of carbonyl (C=O) groups excluding carboxylic acids is 1. The molecule has 1 saturated heterocycles. The van der Waals surface area contributed by atoms with Crippen LogP contribution in [-0.4, -0.2) is 38.0 Å². The van der Waals surface area contributed by atoms with E-state index in [0.717, 1.165) is 17.7 Å². The van der Waals surface area contributed by atoms with Crippen molar-refractivity contribution >= 4 is 27.5 Å². The van der Waals surface area contributed by atoms with Gasteiger partial charge >= 0.3 is 6.18 Å². The minimum absolute atomic E-state index is 0.0653. The van der Waals surface area contributed by atoms with Crippen molar-refractivity contribution in [2.24, 2.45) is 5.14 Å². The van der Waals surface area contributed by atoms with Crippen LogP contribution in [0.4, 0.5) is 22.0 Å². The third kappa shape index (κ3) is 5.12. The molecule has 12 heteroatoms. The van der Waals surface area contributed by atoms with Gasteiger partial charge in [-0.2, -0.15) is 13.2 Å². The van der Waals surface area contributed by atoms with Gasteiger partial charge in [0.15, 0.2) is 0 Å². The van der Waals surface area contributed by atoms with Crippen molar-refractivity contribution in [1.82, 2.24) is 4.90 Å². The highest BCUT2D eigenvalue weighted by Crippen LogP contribution is 2.51. The lowest BCUT2D eigenvalue weighted by Crippen LogP contribution is -2.49. The Morgan fingerprint density at radius 3 is 2.39 bits per heavy atom. The van der Waals surface area contributed by atoms with E-state index in [9.17, 15) is 35.2 Å². The molecule has 1 aliphatic heterocycles. The SMILES string of the molecule is CC(F)(c1ccc2c(c1)CC[C@H]1N(C(=O)c3ccc(Cl)c(S(N)(=O)=O)c3)CC[C@@]21Cc1ccc(F)cc1)C(F)(F)F. The van der Waals surface area contributed by atoms with Gasteiger partial charge in [-0.05, 0) is 85.2 Å². The van der Waals surface area contributed by atoms with Crippen molar-refractivity contribution in [2.45, 2.75) is 60.8 Å². The summed E-state index contributed by atoms with van der Waals surface area (Å²) in [6.07, 6.45) is -3.67. The molecule has 0 spiro atoms. The quantitative estimate of drug-likeness (QED) is 0.348. The number of carbonyl (C=O) groups is 1. The van der Waals surface area contributed by atoms with Crippen molar-refractivity contribution in [1.29, 1.82) is 0 Å². The van der Waals surface area contributed by atoms with Crippen molar-refractivity contribution in [2.75, 3.05) is 6.54 Å². The van der Waals surface area contributed by atoms with E-state index in [-0.39, 0.29) is 22.0 Å². The van der Waals surface area contributed by atoms with E-state index in [0.29, 0.717) is 43.7 Å². The summed E-state index contributed by atoms with van der Waals surface area (Å²) in [4.78, 5) is 15.0. The molecule has 1 amide bonds. The number of benzene rings is 3. The lowest BCUT2D eigenvalue weighted by atomic mass is 9.63. The average Bonchev–Trinajstić information content (AvgIpc) is 3.27. The predicted octanol–water partition coefficient (Wildman–Crippen LogP) is 6.21. The van der Waals surface area contributed by atoms with E-state index >= 15 is 0 Å². The molecular weight excluding hydrogens is 587 g/mol. The molecule has 3 aromatic carbocycles. The zero-order valence-electron chi connectivity index (χ0n) is 21.8. The summed E-state index contributed by atoms with van der Waals surface area (Å²) in [6.45, 7) is 0.759. The van der Waals surface area contributed by atoms with Crippen LogP contribution in [0.15, 0.2) is 65.6 Å². The zero-order chi connectivity index (χ0) is 30.0. The number of nitrogens with two attached hydrogens (primary N) is 1. The van der Waals surface area contributed by atoms with Crippen molar-refractivity contribution in [3.8, 4) is 0 Å². The molecular formula is C29H26ClF5N2O3S. The second-order valence-electron chi connectivity index (χ2n) is 10.8. The molecule has 218 valence electrons. The van der Waals surface area contributed by atoms with E-state index in [1.54, 1.807) is 17.0 Å². The second kappa shape index (κ2) is 10.1. The number of halogens is 6. The van der Waals surface area contributed by atoms with Crippen LogP contribution < -0.4 is 5.14 Å². The summed E-state index contributed by atoms with van der Waals surface area (Å²) < 4.78 is 93.0. The molecule has 2 N–H and O–H groups in total. The maximum absolute atomic E-state index is 14.9. The third-order valence-electron chi connectivity index (χ3n) is 8.39. The van der Waals surface area contributed by atoms with Crippen LogP contribution in [0, 0.1) is 5.82 Å². The van der Waals surface area contributed by atoms with Gasteiger partial charge in [0.2, 0.25) is 15.7 Å². The molecule has 1 aliphatic carbocycles. The summed E-state index contributed by atoms with van der Waals surface area (Å²) in [7, 11) is -4.20. The van der Waals surface area contributed by atoms with Gasteiger partial charge in [0, 0.05) is 23.6 Å². The van der Waals surface area contributed by atoms with Gasteiger partial charge in [-0.1, -0.05) is 41.9 Å². The highest BCUT2D eigenvalue weighted by molar-refractivity contribution is 7.89. The Bertz CT molecular complexity index is 1630. The number of aryl methyl sites for hydroxylation is 1. The number of rotatable bonds is 5. The number of likely N-dealkylation sites (tertiary alicyclic amines) is 1. The number of sulfonamides is 1. The fourth-order valence-electron chi connectivity index (χ4n) is 6.25. The molecule has 3 aromatic rings. The van der Waals surface area contributed by atoms with Gasteiger partial charge in [0.1, 0.15) is 10.7 Å². The first kappa shape index (κ1) is 29.5. The monoisotopic (exact) mass is 612 g/mol. The van der Waals surface area contributed by atoms with Crippen LogP contribution >= 0.6 is 11.6 Å². The summed E-state index contributed by atoms with van der Waals surface area (Å²) in [5, 5.41) is 5.14. The van der Waals surface area contributed by atoms with Gasteiger partial charge in [0.05, 0.1) is 5.02 Å². The third-order valence-corrected chi connectivity index (χ3v) is 9.79. The Morgan fingerprint density at radius 2 is 1.76 bits per heavy atom. The number of hydrogen-bond donors (Lipinski definition) is 1. The molecule has 41 heavy (non-hydrogen) atoms. The standard InChI is InChI=1S/C29H26ClF5N2O3S/c1-27(32,29(33,34)35)20-6-9-22-18(14-20)5-11-25-28(22,16-17-2-7-21(31)8-3-17)12-13-37(25)26(38)19-4-10-23(30)24(15-19)41(36,39)40/h2-4,6-10,14-15,25H,5,11-13,16H2,1H3,(H2,36,39,40)/t25-,27?,28-/m1/s1. The molecule has 1 unspecified atom stereocenters. The van der Waals surface area contributed by atoms with E-state index in [2.05, 4.69) is 0 Å². The number of nitrogens with zero attached hydrogens (tertiary/aromatic N) is 1. The zero-order valence-corrected chi connectivity index (χ0v) is 23.4. The number of amides is 1. The Morgan fingerprint density at radius 1 is 1.07 bits per heavy atom. The summed E-state index contributed by atoms with van der Waals surface area (Å²) in [5.41, 5.74) is -2.72. The molecule has 1 fully saturated rings. The molecule has 0 bridgehead atoms. The van der Waals surface area contributed by atoms with Crippen LogP contribution in [0.5, 0.6) is 0 Å². The Kier molecular flexibility index (Phi) is 7.23. The van der Waals surface area contributed by atoms with Crippen LogP contribution in [0.3, 0.4) is 0 Å². The van der Waals surface area contributed by atoms with Crippen molar-refractivity contribution < 1.29 is 35.2 Å². The first-order chi connectivity index (χ1) is 19.0. The van der Waals surface area contributed by atoms with Gasteiger partial charge in [-0.3, -0.25) is 4.79 Å².